The zero-order chi connectivity index (χ0) is 16.5. The van der Waals surface area contributed by atoms with Crippen LogP contribution in [0.1, 0.15) is 34.1 Å². The zero-order valence-electron chi connectivity index (χ0n) is 14.6. The molecule has 0 radical (unpaired) electrons. The topological polar surface area (TPSA) is 63.2 Å². The van der Waals surface area contributed by atoms with E-state index in [1.54, 1.807) is 0 Å². The summed E-state index contributed by atoms with van der Waals surface area (Å²) in [5, 5.41) is 3.31. The van der Waals surface area contributed by atoms with Crippen LogP contribution in [0.4, 0.5) is 0 Å². The van der Waals surface area contributed by atoms with Crippen molar-refractivity contribution >= 4 is 11.9 Å². The third-order valence-corrected chi connectivity index (χ3v) is 3.77. The SMILES string of the molecule is CCNC(=NCCCOC(C)C)N1CC(C)C(C(=O)OC)C1. The van der Waals surface area contributed by atoms with Gasteiger partial charge in [-0.05, 0) is 33.1 Å². The van der Waals surface area contributed by atoms with Gasteiger partial charge in [0.1, 0.15) is 0 Å². The Bertz CT molecular complexity index is 372. The molecule has 128 valence electrons. The molecular formula is C16H31N3O3. The summed E-state index contributed by atoms with van der Waals surface area (Å²) in [6.07, 6.45) is 1.16. The number of ether oxygens (including phenoxy) is 2. The number of esters is 1. The van der Waals surface area contributed by atoms with Crippen LogP contribution in [0.5, 0.6) is 0 Å². The van der Waals surface area contributed by atoms with E-state index in [0.29, 0.717) is 6.54 Å². The number of likely N-dealkylation sites (tertiary alicyclic amines) is 1. The smallest absolute Gasteiger partial charge is 0.310 e. The molecule has 1 aliphatic rings. The van der Waals surface area contributed by atoms with Crippen LogP contribution in [0.3, 0.4) is 0 Å². The number of carbonyl (C=O) groups excluding carboxylic acids is 1. The summed E-state index contributed by atoms with van der Waals surface area (Å²) in [4.78, 5) is 18.6. The fourth-order valence-electron chi connectivity index (χ4n) is 2.59. The molecule has 0 saturated carbocycles. The number of hydrogen-bond acceptors (Lipinski definition) is 4. The maximum Gasteiger partial charge on any atom is 0.310 e. The first-order chi connectivity index (χ1) is 10.5. The summed E-state index contributed by atoms with van der Waals surface area (Å²) in [5.74, 6) is 0.959. The fourth-order valence-corrected chi connectivity index (χ4v) is 2.59. The third kappa shape index (κ3) is 5.83. The molecular weight excluding hydrogens is 282 g/mol. The molecule has 0 aromatic carbocycles. The van der Waals surface area contributed by atoms with Gasteiger partial charge in [-0.2, -0.15) is 0 Å². The molecule has 1 saturated heterocycles. The normalized spacial score (nSPS) is 22.3. The molecule has 6 nitrogen and oxygen atoms in total. The highest BCUT2D eigenvalue weighted by molar-refractivity contribution is 5.82. The van der Waals surface area contributed by atoms with Gasteiger partial charge in [0.25, 0.3) is 0 Å². The summed E-state index contributed by atoms with van der Waals surface area (Å²) < 4.78 is 10.4. The van der Waals surface area contributed by atoms with E-state index in [2.05, 4.69) is 29.1 Å². The first kappa shape index (κ1) is 18.7. The van der Waals surface area contributed by atoms with E-state index in [4.69, 9.17) is 9.47 Å². The van der Waals surface area contributed by atoms with E-state index in [9.17, 15) is 4.79 Å². The molecule has 1 heterocycles. The van der Waals surface area contributed by atoms with Crippen molar-refractivity contribution < 1.29 is 14.3 Å². The summed E-state index contributed by atoms with van der Waals surface area (Å²) in [6, 6.07) is 0. The Kier molecular flexibility index (Phi) is 8.24. The van der Waals surface area contributed by atoms with Crippen LogP contribution in [-0.4, -0.2) is 62.8 Å². The van der Waals surface area contributed by atoms with Gasteiger partial charge in [-0.25, -0.2) is 0 Å². The molecule has 1 fully saturated rings. The number of nitrogens with zero attached hydrogens (tertiary/aromatic N) is 2. The van der Waals surface area contributed by atoms with Gasteiger partial charge in [0.2, 0.25) is 0 Å². The van der Waals surface area contributed by atoms with Crippen molar-refractivity contribution in [1.29, 1.82) is 0 Å². The van der Waals surface area contributed by atoms with Gasteiger partial charge in [0, 0.05) is 32.8 Å². The lowest BCUT2D eigenvalue weighted by Crippen LogP contribution is -2.40. The third-order valence-electron chi connectivity index (χ3n) is 3.77. The molecule has 2 unspecified atom stereocenters. The Morgan fingerprint density at radius 3 is 2.73 bits per heavy atom. The highest BCUT2D eigenvalue weighted by Crippen LogP contribution is 2.24. The Morgan fingerprint density at radius 2 is 2.14 bits per heavy atom. The van der Waals surface area contributed by atoms with E-state index >= 15 is 0 Å². The van der Waals surface area contributed by atoms with Gasteiger partial charge in [-0.1, -0.05) is 6.92 Å². The van der Waals surface area contributed by atoms with Crippen LogP contribution >= 0.6 is 0 Å². The lowest BCUT2D eigenvalue weighted by molar-refractivity contribution is -0.145. The number of nitrogens with one attached hydrogen (secondary N) is 1. The Morgan fingerprint density at radius 1 is 1.41 bits per heavy atom. The number of carbonyl (C=O) groups is 1. The Labute approximate surface area is 134 Å². The van der Waals surface area contributed by atoms with Crippen molar-refractivity contribution in [3.05, 3.63) is 0 Å². The minimum atomic E-state index is -0.129. The average Bonchev–Trinajstić information content (AvgIpc) is 2.86. The summed E-state index contributed by atoms with van der Waals surface area (Å²) in [6.45, 7) is 12.0. The molecule has 22 heavy (non-hydrogen) atoms. The van der Waals surface area contributed by atoms with Gasteiger partial charge >= 0.3 is 5.97 Å². The summed E-state index contributed by atoms with van der Waals surface area (Å²) in [5.41, 5.74) is 0. The van der Waals surface area contributed by atoms with Crippen LogP contribution in [0.25, 0.3) is 0 Å². The Hall–Kier alpha value is -1.30. The molecule has 2 atom stereocenters. The van der Waals surface area contributed by atoms with Crippen LogP contribution in [0, 0.1) is 11.8 Å². The molecule has 1 aliphatic heterocycles. The number of methoxy groups -OCH3 is 1. The second-order valence-corrected chi connectivity index (χ2v) is 6.02. The molecule has 0 amide bonds. The van der Waals surface area contributed by atoms with E-state index in [1.165, 1.54) is 7.11 Å². The van der Waals surface area contributed by atoms with Gasteiger partial charge in [-0.3, -0.25) is 9.79 Å². The monoisotopic (exact) mass is 313 g/mol. The molecule has 1 rings (SSSR count). The predicted molar refractivity (Wildman–Crippen MR) is 87.9 cm³/mol. The molecule has 0 spiro atoms. The quantitative estimate of drug-likeness (QED) is 0.334. The molecule has 1 N–H and O–H groups in total. The minimum Gasteiger partial charge on any atom is -0.469 e. The zero-order valence-corrected chi connectivity index (χ0v) is 14.6. The van der Waals surface area contributed by atoms with E-state index in [1.807, 2.05) is 13.8 Å². The lowest BCUT2D eigenvalue weighted by Gasteiger charge is -2.21. The molecule has 0 aromatic rings. The van der Waals surface area contributed by atoms with Crippen molar-refractivity contribution in [2.45, 2.75) is 40.2 Å². The van der Waals surface area contributed by atoms with Crippen molar-refractivity contribution in [2.75, 3.05) is 39.9 Å². The number of guanidine groups is 1. The number of hydrogen-bond donors (Lipinski definition) is 1. The van der Waals surface area contributed by atoms with Gasteiger partial charge in [0.05, 0.1) is 19.1 Å². The van der Waals surface area contributed by atoms with Gasteiger partial charge in [0.15, 0.2) is 5.96 Å². The second kappa shape index (κ2) is 9.66. The molecule has 0 aliphatic carbocycles. The largest absolute Gasteiger partial charge is 0.469 e. The van der Waals surface area contributed by atoms with Crippen LogP contribution < -0.4 is 5.32 Å². The van der Waals surface area contributed by atoms with Crippen LogP contribution in [-0.2, 0) is 14.3 Å². The van der Waals surface area contributed by atoms with E-state index in [0.717, 1.165) is 38.6 Å². The van der Waals surface area contributed by atoms with E-state index in [-0.39, 0.29) is 23.9 Å². The van der Waals surface area contributed by atoms with Crippen molar-refractivity contribution in [3.8, 4) is 0 Å². The maximum absolute atomic E-state index is 11.8. The Balaban J connectivity index is 2.54. The van der Waals surface area contributed by atoms with Crippen molar-refractivity contribution in [2.24, 2.45) is 16.8 Å². The average molecular weight is 313 g/mol. The minimum absolute atomic E-state index is 0.0712. The summed E-state index contributed by atoms with van der Waals surface area (Å²) >= 11 is 0. The first-order valence-electron chi connectivity index (χ1n) is 8.22. The molecule has 0 aromatic heterocycles. The highest BCUT2D eigenvalue weighted by Gasteiger charge is 2.36. The summed E-state index contributed by atoms with van der Waals surface area (Å²) in [7, 11) is 1.45. The van der Waals surface area contributed by atoms with Crippen LogP contribution in [0.2, 0.25) is 0 Å². The van der Waals surface area contributed by atoms with E-state index < -0.39 is 0 Å². The van der Waals surface area contributed by atoms with Crippen molar-refractivity contribution in [3.63, 3.8) is 0 Å². The standard InChI is InChI=1S/C16H31N3O3/c1-6-17-16(18-8-7-9-22-12(2)3)19-10-13(4)14(11-19)15(20)21-5/h12-14H,6-11H2,1-5H3,(H,17,18). The van der Waals surface area contributed by atoms with Crippen molar-refractivity contribution in [1.82, 2.24) is 10.2 Å². The fraction of sp³-hybridized carbons (Fsp3) is 0.875. The predicted octanol–water partition coefficient (Wildman–Crippen LogP) is 1.51. The van der Waals surface area contributed by atoms with Gasteiger partial charge < -0.3 is 19.7 Å². The van der Waals surface area contributed by atoms with Crippen LogP contribution in [0.15, 0.2) is 4.99 Å². The number of rotatable bonds is 7. The molecule has 6 heteroatoms. The molecule has 0 bridgehead atoms. The van der Waals surface area contributed by atoms with Gasteiger partial charge in [-0.15, -0.1) is 0 Å². The lowest BCUT2D eigenvalue weighted by atomic mass is 9.99. The number of aliphatic imine (C=N–C) groups is 1. The second-order valence-electron chi connectivity index (χ2n) is 6.02. The maximum atomic E-state index is 11.8. The highest BCUT2D eigenvalue weighted by atomic mass is 16.5. The first-order valence-corrected chi connectivity index (χ1v) is 8.22.